The molecular formula is C16H27NO. The third-order valence-electron chi connectivity index (χ3n) is 2.95. The molecule has 102 valence electrons. The quantitative estimate of drug-likeness (QED) is 0.710. The lowest BCUT2D eigenvalue weighted by Crippen LogP contribution is -2.25. The van der Waals surface area contributed by atoms with E-state index in [-0.39, 0.29) is 6.10 Å². The average Bonchev–Trinajstić information content (AvgIpc) is 2.35. The van der Waals surface area contributed by atoms with Crippen molar-refractivity contribution in [3.8, 4) is 5.75 Å². The number of hydrogen-bond acceptors (Lipinski definition) is 2. The largest absolute Gasteiger partial charge is 0.491 e. The van der Waals surface area contributed by atoms with Crippen LogP contribution in [-0.4, -0.2) is 19.2 Å². The number of benzene rings is 1. The zero-order chi connectivity index (χ0) is 13.4. The van der Waals surface area contributed by atoms with Gasteiger partial charge in [0, 0.05) is 0 Å². The van der Waals surface area contributed by atoms with Crippen molar-refractivity contribution in [1.29, 1.82) is 0 Å². The van der Waals surface area contributed by atoms with Crippen LogP contribution in [0.4, 0.5) is 0 Å². The number of nitrogens with one attached hydrogen (secondary N) is 1. The second kappa shape index (κ2) is 8.15. The first-order valence-electron chi connectivity index (χ1n) is 7.08. The van der Waals surface area contributed by atoms with Crippen molar-refractivity contribution in [2.45, 2.75) is 46.6 Å². The molecule has 18 heavy (non-hydrogen) atoms. The second-order valence-corrected chi connectivity index (χ2v) is 5.31. The minimum atomic E-state index is 0.261. The van der Waals surface area contributed by atoms with Gasteiger partial charge in [-0.2, -0.15) is 0 Å². The standard InChI is InChI=1S/C16H27NO/c1-5-15-6-8-16(9-7-15)18-14(4)10-11-17-12-13(2)3/h6-9,13-14,17H,5,10-12H2,1-4H3. The molecular weight excluding hydrogens is 222 g/mol. The van der Waals surface area contributed by atoms with Crippen LogP contribution in [0, 0.1) is 5.92 Å². The van der Waals surface area contributed by atoms with Gasteiger partial charge >= 0.3 is 0 Å². The van der Waals surface area contributed by atoms with Gasteiger partial charge in [0.1, 0.15) is 5.75 Å². The molecule has 0 bridgehead atoms. The molecule has 0 fully saturated rings. The van der Waals surface area contributed by atoms with E-state index in [9.17, 15) is 0 Å². The first-order chi connectivity index (χ1) is 8.61. The normalized spacial score (nSPS) is 12.7. The molecule has 0 aromatic heterocycles. The molecule has 0 aliphatic heterocycles. The Labute approximate surface area is 112 Å². The lowest BCUT2D eigenvalue weighted by Gasteiger charge is -2.15. The Hall–Kier alpha value is -1.02. The van der Waals surface area contributed by atoms with Gasteiger partial charge in [0.05, 0.1) is 6.10 Å². The third-order valence-corrected chi connectivity index (χ3v) is 2.95. The zero-order valence-corrected chi connectivity index (χ0v) is 12.2. The molecule has 2 nitrogen and oxygen atoms in total. The van der Waals surface area contributed by atoms with Crippen molar-refractivity contribution < 1.29 is 4.74 Å². The van der Waals surface area contributed by atoms with Gasteiger partial charge in [-0.05, 0) is 56.5 Å². The van der Waals surface area contributed by atoms with Crippen molar-refractivity contribution in [3.05, 3.63) is 29.8 Å². The van der Waals surface area contributed by atoms with E-state index >= 15 is 0 Å². The summed E-state index contributed by atoms with van der Waals surface area (Å²) in [7, 11) is 0. The van der Waals surface area contributed by atoms with Crippen LogP contribution in [-0.2, 0) is 6.42 Å². The van der Waals surface area contributed by atoms with E-state index < -0.39 is 0 Å². The third kappa shape index (κ3) is 6.06. The molecule has 1 atom stereocenters. The van der Waals surface area contributed by atoms with E-state index in [1.807, 2.05) is 0 Å². The van der Waals surface area contributed by atoms with Gasteiger partial charge in [-0.25, -0.2) is 0 Å². The van der Waals surface area contributed by atoms with Crippen molar-refractivity contribution >= 4 is 0 Å². The predicted octanol–water partition coefficient (Wildman–Crippen LogP) is 3.65. The smallest absolute Gasteiger partial charge is 0.119 e. The van der Waals surface area contributed by atoms with Crippen LogP contribution in [0.1, 0.15) is 39.7 Å². The Morgan fingerprint density at radius 3 is 2.33 bits per heavy atom. The molecule has 0 saturated carbocycles. The Morgan fingerprint density at radius 2 is 1.78 bits per heavy atom. The van der Waals surface area contributed by atoms with E-state index in [4.69, 9.17) is 4.74 Å². The molecule has 0 saturated heterocycles. The van der Waals surface area contributed by atoms with Crippen LogP contribution in [0.5, 0.6) is 5.75 Å². The van der Waals surface area contributed by atoms with Crippen LogP contribution in [0.3, 0.4) is 0 Å². The second-order valence-electron chi connectivity index (χ2n) is 5.31. The van der Waals surface area contributed by atoms with E-state index in [2.05, 4.69) is 57.3 Å². The summed E-state index contributed by atoms with van der Waals surface area (Å²) in [5.41, 5.74) is 1.36. The van der Waals surface area contributed by atoms with Crippen molar-refractivity contribution in [3.63, 3.8) is 0 Å². The summed E-state index contributed by atoms with van der Waals surface area (Å²) in [6, 6.07) is 8.41. The van der Waals surface area contributed by atoms with Gasteiger partial charge < -0.3 is 10.1 Å². The number of ether oxygens (including phenoxy) is 1. The summed E-state index contributed by atoms with van der Waals surface area (Å²) in [5, 5.41) is 3.44. The highest BCUT2D eigenvalue weighted by Crippen LogP contribution is 2.15. The van der Waals surface area contributed by atoms with E-state index in [0.717, 1.165) is 31.7 Å². The van der Waals surface area contributed by atoms with Crippen molar-refractivity contribution in [2.75, 3.05) is 13.1 Å². The van der Waals surface area contributed by atoms with E-state index in [0.29, 0.717) is 5.92 Å². The van der Waals surface area contributed by atoms with Crippen molar-refractivity contribution in [1.82, 2.24) is 5.32 Å². The minimum Gasteiger partial charge on any atom is -0.491 e. The Bertz CT molecular complexity index is 318. The Morgan fingerprint density at radius 1 is 1.11 bits per heavy atom. The van der Waals surface area contributed by atoms with Crippen LogP contribution < -0.4 is 10.1 Å². The van der Waals surface area contributed by atoms with Gasteiger partial charge in [-0.15, -0.1) is 0 Å². The molecule has 0 heterocycles. The summed E-state index contributed by atoms with van der Waals surface area (Å²) in [4.78, 5) is 0. The van der Waals surface area contributed by atoms with Gasteiger partial charge in [0.15, 0.2) is 0 Å². The highest BCUT2D eigenvalue weighted by molar-refractivity contribution is 5.27. The first-order valence-corrected chi connectivity index (χ1v) is 7.08. The first kappa shape index (κ1) is 15.0. The Balaban J connectivity index is 2.24. The Kier molecular flexibility index (Phi) is 6.81. The maximum Gasteiger partial charge on any atom is 0.119 e. The van der Waals surface area contributed by atoms with Gasteiger partial charge in [-0.3, -0.25) is 0 Å². The molecule has 1 N–H and O–H groups in total. The average molecular weight is 249 g/mol. The molecule has 2 heteroatoms. The summed E-state index contributed by atoms with van der Waals surface area (Å²) in [6.45, 7) is 10.8. The van der Waals surface area contributed by atoms with Gasteiger partial charge in [0.25, 0.3) is 0 Å². The SMILES string of the molecule is CCc1ccc(OC(C)CCNCC(C)C)cc1. The predicted molar refractivity (Wildman–Crippen MR) is 78.2 cm³/mol. The topological polar surface area (TPSA) is 21.3 Å². The maximum absolute atomic E-state index is 5.88. The monoisotopic (exact) mass is 249 g/mol. The lowest BCUT2D eigenvalue weighted by molar-refractivity contribution is 0.209. The fourth-order valence-corrected chi connectivity index (χ4v) is 1.79. The fraction of sp³-hybridized carbons (Fsp3) is 0.625. The fourth-order valence-electron chi connectivity index (χ4n) is 1.79. The molecule has 0 aliphatic rings. The van der Waals surface area contributed by atoms with Crippen molar-refractivity contribution in [2.24, 2.45) is 5.92 Å². The summed E-state index contributed by atoms with van der Waals surface area (Å²) >= 11 is 0. The molecule has 1 aromatic carbocycles. The molecule has 0 aliphatic carbocycles. The molecule has 0 radical (unpaired) electrons. The van der Waals surface area contributed by atoms with E-state index in [1.165, 1.54) is 5.56 Å². The minimum absolute atomic E-state index is 0.261. The molecule has 1 unspecified atom stereocenters. The summed E-state index contributed by atoms with van der Waals surface area (Å²) in [5.74, 6) is 1.69. The van der Waals surface area contributed by atoms with Crippen LogP contribution in [0.2, 0.25) is 0 Å². The number of aryl methyl sites for hydroxylation is 1. The van der Waals surface area contributed by atoms with Gasteiger partial charge in [0.2, 0.25) is 0 Å². The highest BCUT2D eigenvalue weighted by Gasteiger charge is 2.04. The highest BCUT2D eigenvalue weighted by atomic mass is 16.5. The zero-order valence-electron chi connectivity index (χ0n) is 12.2. The molecule has 1 rings (SSSR count). The molecule has 1 aromatic rings. The number of hydrogen-bond donors (Lipinski definition) is 1. The van der Waals surface area contributed by atoms with Crippen LogP contribution >= 0.6 is 0 Å². The summed E-state index contributed by atoms with van der Waals surface area (Å²) < 4.78 is 5.88. The molecule has 0 spiro atoms. The van der Waals surface area contributed by atoms with E-state index in [1.54, 1.807) is 0 Å². The van der Waals surface area contributed by atoms with Crippen LogP contribution in [0.15, 0.2) is 24.3 Å². The lowest BCUT2D eigenvalue weighted by atomic mass is 10.2. The maximum atomic E-state index is 5.88. The number of rotatable bonds is 8. The summed E-state index contributed by atoms with van der Waals surface area (Å²) in [6.07, 6.45) is 2.38. The van der Waals surface area contributed by atoms with Gasteiger partial charge in [-0.1, -0.05) is 32.9 Å². The van der Waals surface area contributed by atoms with Crippen LogP contribution in [0.25, 0.3) is 0 Å². The molecule has 0 amide bonds.